The van der Waals surface area contributed by atoms with Gasteiger partial charge in [-0.15, -0.1) is 0 Å². The van der Waals surface area contributed by atoms with Gasteiger partial charge in [0.25, 0.3) is 0 Å². The standard InChI is InChI=1S/C17H16FNO2/c1-19-10-17(15-4-2-3-5-16(15)18)21-12-14-8-6-13(11-20)7-9-14/h2-11,19H,12H2,1H3/b17-10-. The maximum Gasteiger partial charge on any atom is 0.150 e. The fraction of sp³-hybridized carbons (Fsp3) is 0.118. The minimum absolute atomic E-state index is 0.293. The number of halogens is 1. The van der Waals surface area contributed by atoms with Crippen LogP contribution in [0.3, 0.4) is 0 Å². The van der Waals surface area contributed by atoms with Crippen LogP contribution in [0.25, 0.3) is 5.76 Å². The first-order valence-electron chi connectivity index (χ1n) is 6.54. The number of hydrogen-bond acceptors (Lipinski definition) is 3. The minimum atomic E-state index is -0.338. The van der Waals surface area contributed by atoms with Crippen molar-refractivity contribution in [3.05, 3.63) is 77.2 Å². The molecule has 0 spiro atoms. The Balaban J connectivity index is 2.12. The topological polar surface area (TPSA) is 38.3 Å². The number of benzene rings is 2. The number of carbonyl (C=O) groups excluding carboxylic acids is 1. The molecule has 0 aliphatic carbocycles. The summed E-state index contributed by atoms with van der Waals surface area (Å²) in [6.45, 7) is 0.293. The molecule has 4 heteroatoms. The Labute approximate surface area is 123 Å². The molecular weight excluding hydrogens is 269 g/mol. The van der Waals surface area contributed by atoms with Gasteiger partial charge in [0, 0.05) is 18.8 Å². The molecule has 0 aromatic heterocycles. The van der Waals surface area contributed by atoms with Gasteiger partial charge < -0.3 is 10.1 Å². The lowest BCUT2D eigenvalue weighted by Gasteiger charge is -2.12. The summed E-state index contributed by atoms with van der Waals surface area (Å²) in [6, 6.07) is 13.5. The lowest BCUT2D eigenvalue weighted by Crippen LogP contribution is -2.02. The highest BCUT2D eigenvalue weighted by Gasteiger charge is 2.08. The van der Waals surface area contributed by atoms with Crippen LogP contribution >= 0.6 is 0 Å². The number of ether oxygens (including phenoxy) is 1. The van der Waals surface area contributed by atoms with Crippen LogP contribution < -0.4 is 5.32 Å². The SMILES string of the molecule is CN/C=C(\OCc1ccc(C=O)cc1)c1ccccc1F. The maximum absolute atomic E-state index is 13.8. The van der Waals surface area contributed by atoms with E-state index in [4.69, 9.17) is 4.74 Å². The van der Waals surface area contributed by atoms with Crippen LogP contribution in [0.5, 0.6) is 0 Å². The van der Waals surface area contributed by atoms with E-state index in [9.17, 15) is 9.18 Å². The van der Waals surface area contributed by atoms with E-state index >= 15 is 0 Å². The molecule has 0 aliphatic rings. The molecule has 0 unspecified atom stereocenters. The molecule has 0 radical (unpaired) electrons. The van der Waals surface area contributed by atoms with Gasteiger partial charge in [0.05, 0.1) is 5.56 Å². The van der Waals surface area contributed by atoms with Crippen molar-refractivity contribution in [2.45, 2.75) is 6.61 Å². The summed E-state index contributed by atoms with van der Waals surface area (Å²) < 4.78 is 19.5. The van der Waals surface area contributed by atoms with Crippen LogP contribution in [-0.4, -0.2) is 13.3 Å². The van der Waals surface area contributed by atoms with Gasteiger partial charge in [0.1, 0.15) is 24.5 Å². The van der Waals surface area contributed by atoms with Gasteiger partial charge in [0.2, 0.25) is 0 Å². The second-order valence-corrected chi connectivity index (χ2v) is 4.43. The Hall–Kier alpha value is -2.62. The minimum Gasteiger partial charge on any atom is -0.487 e. The van der Waals surface area contributed by atoms with Gasteiger partial charge in [-0.05, 0) is 17.7 Å². The van der Waals surface area contributed by atoms with Gasteiger partial charge in [0.15, 0.2) is 0 Å². The monoisotopic (exact) mass is 285 g/mol. The number of nitrogens with one attached hydrogen (secondary N) is 1. The molecule has 0 bridgehead atoms. The molecular formula is C17H16FNO2. The zero-order chi connectivity index (χ0) is 15.1. The van der Waals surface area contributed by atoms with Gasteiger partial charge in [-0.25, -0.2) is 4.39 Å². The molecule has 0 fully saturated rings. The molecule has 2 rings (SSSR count). The smallest absolute Gasteiger partial charge is 0.150 e. The molecule has 0 saturated carbocycles. The van der Waals surface area contributed by atoms with Crippen molar-refractivity contribution < 1.29 is 13.9 Å². The van der Waals surface area contributed by atoms with E-state index in [1.807, 2.05) is 12.1 Å². The molecule has 0 amide bonds. The van der Waals surface area contributed by atoms with Crippen LogP contribution in [0.15, 0.2) is 54.7 Å². The van der Waals surface area contributed by atoms with E-state index in [2.05, 4.69) is 5.32 Å². The molecule has 108 valence electrons. The van der Waals surface area contributed by atoms with Crippen molar-refractivity contribution in [3.8, 4) is 0 Å². The quantitative estimate of drug-likeness (QED) is 0.653. The van der Waals surface area contributed by atoms with Crippen molar-refractivity contribution in [1.82, 2.24) is 5.32 Å². The van der Waals surface area contributed by atoms with Gasteiger partial charge >= 0.3 is 0 Å². The predicted molar refractivity (Wildman–Crippen MR) is 80.1 cm³/mol. The zero-order valence-corrected chi connectivity index (χ0v) is 11.7. The van der Waals surface area contributed by atoms with E-state index in [0.717, 1.165) is 11.8 Å². The molecule has 0 heterocycles. The summed E-state index contributed by atoms with van der Waals surface area (Å²) in [5.41, 5.74) is 1.91. The van der Waals surface area contributed by atoms with Crippen molar-refractivity contribution in [2.75, 3.05) is 7.05 Å². The van der Waals surface area contributed by atoms with Gasteiger partial charge in [-0.2, -0.15) is 0 Å². The van der Waals surface area contributed by atoms with Gasteiger partial charge in [-0.3, -0.25) is 4.79 Å². The van der Waals surface area contributed by atoms with Crippen molar-refractivity contribution >= 4 is 12.0 Å². The Morgan fingerprint density at radius 3 is 2.52 bits per heavy atom. The van der Waals surface area contributed by atoms with E-state index in [1.165, 1.54) is 6.07 Å². The first-order valence-corrected chi connectivity index (χ1v) is 6.54. The van der Waals surface area contributed by atoms with Crippen LogP contribution in [-0.2, 0) is 11.3 Å². The zero-order valence-electron chi connectivity index (χ0n) is 11.7. The lowest BCUT2D eigenvalue weighted by atomic mass is 10.1. The third-order valence-corrected chi connectivity index (χ3v) is 2.92. The van der Waals surface area contributed by atoms with Crippen LogP contribution in [0, 0.1) is 5.82 Å². The van der Waals surface area contributed by atoms with Crippen molar-refractivity contribution in [2.24, 2.45) is 0 Å². The Morgan fingerprint density at radius 1 is 1.19 bits per heavy atom. The summed E-state index contributed by atoms with van der Waals surface area (Å²) in [6.07, 6.45) is 2.40. The molecule has 1 N–H and O–H groups in total. The maximum atomic E-state index is 13.8. The molecule has 2 aromatic carbocycles. The van der Waals surface area contributed by atoms with Crippen molar-refractivity contribution in [1.29, 1.82) is 0 Å². The Morgan fingerprint density at radius 2 is 1.90 bits per heavy atom. The molecule has 0 saturated heterocycles. The summed E-state index contributed by atoms with van der Waals surface area (Å²) in [5.74, 6) is 0.0883. The molecule has 21 heavy (non-hydrogen) atoms. The largest absolute Gasteiger partial charge is 0.487 e. The lowest BCUT2D eigenvalue weighted by molar-refractivity contribution is 0.112. The summed E-state index contributed by atoms with van der Waals surface area (Å²) in [7, 11) is 1.73. The number of aldehydes is 1. The second kappa shape index (κ2) is 7.24. The highest BCUT2D eigenvalue weighted by atomic mass is 19.1. The highest BCUT2D eigenvalue weighted by molar-refractivity contribution is 5.74. The normalized spacial score (nSPS) is 11.0. The van der Waals surface area contributed by atoms with E-state index < -0.39 is 0 Å². The van der Waals surface area contributed by atoms with Crippen LogP contribution in [0.1, 0.15) is 21.5 Å². The highest BCUT2D eigenvalue weighted by Crippen LogP contribution is 2.20. The summed E-state index contributed by atoms with van der Waals surface area (Å²) in [4.78, 5) is 10.6. The van der Waals surface area contributed by atoms with E-state index in [-0.39, 0.29) is 5.82 Å². The third-order valence-electron chi connectivity index (χ3n) is 2.92. The first-order chi connectivity index (χ1) is 10.2. The van der Waals surface area contributed by atoms with Gasteiger partial charge in [-0.1, -0.05) is 36.4 Å². The average Bonchev–Trinajstić information content (AvgIpc) is 2.53. The summed E-state index contributed by atoms with van der Waals surface area (Å²) >= 11 is 0. The molecule has 0 atom stereocenters. The first kappa shape index (κ1) is 14.8. The molecule has 3 nitrogen and oxygen atoms in total. The van der Waals surface area contributed by atoms with Crippen LogP contribution in [0.2, 0.25) is 0 Å². The third kappa shape index (κ3) is 3.92. The number of rotatable bonds is 6. The second-order valence-electron chi connectivity index (χ2n) is 4.43. The Kier molecular flexibility index (Phi) is 5.10. The van der Waals surface area contributed by atoms with E-state index in [1.54, 1.807) is 43.6 Å². The fourth-order valence-corrected chi connectivity index (χ4v) is 1.84. The fourth-order valence-electron chi connectivity index (χ4n) is 1.84. The molecule has 0 aliphatic heterocycles. The van der Waals surface area contributed by atoms with E-state index in [0.29, 0.717) is 23.5 Å². The predicted octanol–water partition coefficient (Wildman–Crippen LogP) is 3.37. The Bertz CT molecular complexity index is 635. The molecule has 2 aromatic rings. The van der Waals surface area contributed by atoms with Crippen LogP contribution in [0.4, 0.5) is 4.39 Å². The number of hydrogen-bond donors (Lipinski definition) is 1. The summed E-state index contributed by atoms with van der Waals surface area (Å²) in [5, 5.41) is 2.85. The average molecular weight is 285 g/mol. The number of carbonyl (C=O) groups is 1. The van der Waals surface area contributed by atoms with Crippen molar-refractivity contribution in [3.63, 3.8) is 0 Å².